The molecule has 1 rings (SSSR count). The van der Waals surface area contributed by atoms with E-state index in [1.165, 1.54) is 0 Å². The average Bonchev–Trinajstić information content (AvgIpc) is 2.50. The second-order valence-corrected chi connectivity index (χ2v) is 5.56. The zero-order valence-electron chi connectivity index (χ0n) is 8.51. The number of furan rings is 1. The van der Waals surface area contributed by atoms with Gasteiger partial charge in [0.25, 0.3) is 0 Å². The summed E-state index contributed by atoms with van der Waals surface area (Å²) >= 11 is 3.70. The summed E-state index contributed by atoms with van der Waals surface area (Å²) in [6.45, 7) is 6.73. The molecule has 1 nitrogen and oxygen atoms in total. The van der Waals surface area contributed by atoms with E-state index in [1.807, 2.05) is 12.1 Å². The van der Waals surface area contributed by atoms with Gasteiger partial charge in [0.15, 0.2) is 0 Å². The molecule has 1 unspecified atom stereocenters. The van der Waals surface area contributed by atoms with Crippen molar-refractivity contribution >= 4 is 15.9 Å². The predicted octanol–water partition coefficient (Wildman–Crippen LogP) is 4.02. The first kappa shape index (κ1) is 10.8. The molecular formula is C11H17BrO. The van der Waals surface area contributed by atoms with Gasteiger partial charge < -0.3 is 4.42 Å². The lowest BCUT2D eigenvalue weighted by molar-refractivity contribution is 0.377. The van der Waals surface area contributed by atoms with E-state index in [-0.39, 0.29) is 0 Å². The van der Waals surface area contributed by atoms with Crippen molar-refractivity contribution in [2.24, 2.45) is 5.41 Å². The third-order valence-electron chi connectivity index (χ3n) is 2.16. The highest BCUT2D eigenvalue weighted by Crippen LogP contribution is 2.29. The van der Waals surface area contributed by atoms with Crippen LogP contribution in [0.25, 0.3) is 0 Å². The van der Waals surface area contributed by atoms with Crippen LogP contribution in [0.15, 0.2) is 22.8 Å². The van der Waals surface area contributed by atoms with Gasteiger partial charge in [0.1, 0.15) is 5.76 Å². The summed E-state index contributed by atoms with van der Waals surface area (Å²) in [4.78, 5) is 0.546. The van der Waals surface area contributed by atoms with E-state index in [2.05, 4.69) is 36.7 Å². The molecular weight excluding hydrogens is 228 g/mol. The Morgan fingerprint density at radius 3 is 2.62 bits per heavy atom. The van der Waals surface area contributed by atoms with Crippen LogP contribution in [0.3, 0.4) is 0 Å². The van der Waals surface area contributed by atoms with E-state index in [4.69, 9.17) is 4.42 Å². The molecule has 1 aromatic heterocycles. The van der Waals surface area contributed by atoms with Gasteiger partial charge in [-0.25, -0.2) is 0 Å². The zero-order chi connectivity index (χ0) is 9.90. The number of hydrogen-bond acceptors (Lipinski definition) is 1. The summed E-state index contributed by atoms with van der Waals surface area (Å²) in [5.74, 6) is 1.08. The third-order valence-corrected chi connectivity index (χ3v) is 4.00. The third kappa shape index (κ3) is 3.55. The smallest absolute Gasteiger partial charge is 0.103 e. The minimum Gasteiger partial charge on any atom is -0.469 e. The minimum atomic E-state index is 0.326. The Morgan fingerprint density at radius 2 is 2.15 bits per heavy atom. The Balaban J connectivity index is 2.35. The SMILES string of the molecule is CC(C)(C)C(Br)CCc1ccco1. The number of alkyl halides is 1. The summed E-state index contributed by atoms with van der Waals surface area (Å²) in [6, 6.07) is 3.97. The van der Waals surface area contributed by atoms with Crippen LogP contribution in [-0.4, -0.2) is 4.83 Å². The van der Waals surface area contributed by atoms with Gasteiger partial charge in [0.2, 0.25) is 0 Å². The molecule has 74 valence electrons. The Morgan fingerprint density at radius 1 is 1.46 bits per heavy atom. The van der Waals surface area contributed by atoms with Crippen LogP contribution in [-0.2, 0) is 6.42 Å². The van der Waals surface area contributed by atoms with Crippen molar-refractivity contribution in [3.63, 3.8) is 0 Å². The van der Waals surface area contributed by atoms with Crippen molar-refractivity contribution in [1.82, 2.24) is 0 Å². The molecule has 0 aromatic carbocycles. The zero-order valence-corrected chi connectivity index (χ0v) is 10.1. The van der Waals surface area contributed by atoms with Gasteiger partial charge in [-0.3, -0.25) is 0 Å². The lowest BCUT2D eigenvalue weighted by Gasteiger charge is -2.25. The average molecular weight is 245 g/mol. The first-order valence-electron chi connectivity index (χ1n) is 4.66. The summed E-state index contributed by atoms with van der Waals surface area (Å²) in [6.07, 6.45) is 3.87. The fraction of sp³-hybridized carbons (Fsp3) is 0.636. The van der Waals surface area contributed by atoms with E-state index in [1.54, 1.807) is 6.26 Å². The van der Waals surface area contributed by atoms with Gasteiger partial charge in [0, 0.05) is 11.2 Å². The number of halogens is 1. The van der Waals surface area contributed by atoms with Crippen molar-refractivity contribution < 1.29 is 4.42 Å². The van der Waals surface area contributed by atoms with Crippen LogP contribution in [0.2, 0.25) is 0 Å². The minimum absolute atomic E-state index is 0.326. The lowest BCUT2D eigenvalue weighted by Crippen LogP contribution is -2.20. The molecule has 13 heavy (non-hydrogen) atoms. The Labute approximate surface area is 88.6 Å². The van der Waals surface area contributed by atoms with Gasteiger partial charge in [0.05, 0.1) is 6.26 Å². The van der Waals surface area contributed by atoms with E-state index >= 15 is 0 Å². The van der Waals surface area contributed by atoms with E-state index in [0.29, 0.717) is 10.2 Å². The molecule has 0 saturated heterocycles. The number of aryl methyl sites for hydroxylation is 1. The van der Waals surface area contributed by atoms with Crippen LogP contribution >= 0.6 is 15.9 Å². The largest absolute Gasteiger partial charge is 0.469 e. The topological polar surface area (TPSA) is 13.1 Å². The molecule has 0 N–H and O–H groups in total. The fourth-order valence-corrected chi connectivity index (χ4v) is 1.39. The fourth-order valence-electron chi connectivity index (χ4n) is 1.16. The van der Waals surface area contributed by atoms with Gasteiger partial charge in [-0.2, -0.15) is 0 Å². The van der Waals surface area contributed by atoms with E-state index in [9.17, 15) is 0 Å². The predicted molar refractivity (Wildman–Crippen MR) is 59.2 cm³/mol. The molecule has 1 aromatic rings. The number of hydrogen-bond donors (Lipinski definition) is 0. The Kier molecular flexibility index (Phi) is 3.60. The normalized spacial score (nSPS) is 14.5. The monoisotopic (exact) mass is 244 g/mol. The van der Waals surface area contributed by atoms with Crippen LogP contribution < -0.4 is 0 Å². The molecule has 0 saturated carbocycles. The van der Waals surface area contributed by atoms with Crippen LogP contribution in [0.5, 0.6) is 0 Å². The highest BCUT2D eigenvalue weighted by atomic mass is 79.9. The van der Waals surface area contributed by atoms with Crippen LogP contribution in [0.4, 0.5) is 0 Å². The molecule has 0 spiro atoms. The Hall–Kier alpha value is -0.240. The van der Waals surface area contributed by atoms with Gasteiger partial charge in [-0.1, -0.05) is 36.7 Å². The van der Waals surface area contributed by atoms with E-state index in [0.717, 1.165) is 18.6 Å². The molecule has 1 heterocycles. The molecule has 0 amide bonds. The molecule has 0 bridgehead atoms. The maximum absolute atomic E-state index is 5.28. The quantitative estimate of drug-likeness (QED) is 0.733. The van der Waals surface area contributed by atoms with Gasteiger partial charge >= 0.3 is 0 Å². The summed E-state index contributed by atoms with van der Waals surface area (Å²) < 4.78 is 5.28. The van der Waals surface area contributed by atoms with Crippen molar-refractivity contribution in [1.29, 1.82) is 0 Å². The number of rotatable bonds is 3. The second kappa shape index (κ2) is 4.32. The highest BCUT2D eigenvalue weighted by molar-refractivity contribution is 9.09. The Bertz CT molecular complexity index is 233. The molecule has 0 aliphatic carbocycles. The first-order valence-corrected chi connectivity index (χ1v) is 5.58. The van der Waals surface area contributed by atoms with Crippen molar-refractivity contribution in [3.05, 3.63) is 24.2 Å². The second-order valence-electron chi connectivity index (χ2n) is 4.45. The lowest BCUT2D eigenvalue weighted by atomic mass is 9.89. The highest BCUT2D eigenvalue weighted by Gasteiger charge is 2.21. The standard InChI is InChI=1S/C11H17BrO/c1-11(2,3)10(12)7-6-9-5-4-8-13-9/h4-5,8,10H,6-7H2,1-3H3. The van der Waals surface area contributed by atoms with Crippen LogP contribution in [0, 0.1) is 5.41 Å². The maximum Gasteiger partial charge on any atom is 0.103 e. The molecule has 1 atom stereocenters. The van der Waals surface area contributed by atoms with E-state index < -0.39 is 0 Å². The molecule has 0 radical (unpaired) electrons. The van der Waals surface area contributed by atoms with Crippen LogP contribution in [0.1, 0.15) is 33.0 Å². The summed E-state index contributed by atoms with van der Waals surface area (Å²) in [5, 5.41) is 0. The summed E-state index contributed by atoms with van der Waals surface area (Å²) in [5.41, 5.74) is 0.326. The van der Waals surface area contributed by atoms with Gasteiger partial charge in [-0.15, -0.1) is 0 Å². The van der Waals surface area contributed by atoms with Crippen molar-refractivity contribution in [2.45, 2.75) is 38.4 Å². The summed E-state index contributed by atoms with van der Waals surface area (Å²) in [7, 11) is 0. The first-order chi connectivity index (χ1) is 6.00. The molecule has 0 aliphatic heterocycles. The van der Waals surface area contributed by atoms with Gasteiger partial charge in [-0.05, 0) is 24.0 Å². The molecule has 2 heteroatoms. The molecule has 0 aliphatic rings. The molecule has 0 fully saturated rings. The van der Waals surface area contributed by atoms with Crippen molar-refractivity contribution in [3.8, 4) is 0 Å². The van der Waals surface area contributed by atoms with Crippen molar-refractivity contribution in [2.75, 3.05) is 0 Å². The maximum atomic E-state index is 5.28.